The second-order valence-electron chi connectivity index (χ2n) is 5.79. The smallest absolute Gasteiger partial charge is 0.237 e. The van der Waals surface area contributed by atoms with Gasteiger partial charge in [0.05, 0.1) is 29.4 Å². The van der Waals surface area contributed by atoms with E-state index >= 15 is 0 Å². The average molecular weight is 385 g/mol. The van der Waals surface area contributed by atoms with Crippen molar-refractivity contribution in [2.24, 2.45) is 0 Å². The first-order chi connectivity index (χ1) is 13.1. The van der Waals surface area contributed by atoms with Crippen molar-refractivity contribution in [1.82, 2.24) is 9.97 Å². The highest BCUT2D eigenvalue weighted by atomic mass is 32.2. The Hall–Kier alpha value is -2.80. The number of amides is 1. The number of nitrogens with zero attached hydrogens (tertiary/aromatic N) is 1. The van der Waals surface area contributed by atoms with Crippen LogP contribution in [0.5, 0.6) is 5.75 Å². The minimum Gasteiger partial charge on any atom is -0.492 e. The van der Waals surface area contributed by atoms with Gasteiger partial charge in [0.2, 0.25) is 5.91 Å². The highest BCUT2D eigenvalue weighted by Crippen LogP contribution is 2.27. The van der Waals surface area contributed by atoms with Crippen molar-refractivity contribution < 1.29 is 13.9 Å². The molecule has 0 fully saturated rings. The fourth-order valence-electron chi connectivity index (χ4n) is 2.45. The molecular formula is C20H20FN3O2S. The van der Waals surface area contributed by atoms with Gasteiger partial charge in [0, 0.05) is 0 Å². The summed E-state index contributed by atoms with van der Waals surface area (Å²) < 4.78 is 18.6. The Morgan fingerprint density at radius 3 is 2.74 bits per heavy atom. The molecule has 3 aromatic rings. The third-order valence-electron chi connectivity index (χ3n) is 3.81. The van der Waals surface area contributed by atoms with Crippen LogP contribution in [0.4, 0.5) is 10.1 Å². The number of ether oxygens (including phenoxy) is 1. The van der Waals surface area contributed by atoms with E-state index < -0.39 is 0 Å². The predicted molar refractivity (Wildman–Crippen MR) is 106 cm³/mol. The number of H-pyrrole nitrogens is 1. The standard InChI is InChI=1S/C20H20FN3O2S/c1-3-26-18-7-5-4-6-16(18)23-19(25)13(2)27-20-22-12-17(24-20)14-8-10-15(21)11-9-14/h4-13H,3H2,1-2H3,(H,22,24)(H,23,25). The van der Waals surface area contributed by atoms with Crippen molar-refractivity contribution in [3.05, 3.63) is 60.5 Å². The highest BCUT2D eigenvalue weighted by Gasteiger charge is 2.18. The molecule has 1 atom stereocenters. The zero-order valence-corrected chi connectivity index (χ0v) is 15.8. The summed E-state index contributed by atoms with van der Waals surface area (Å²) in [5.74, 6) is 0.208. The normalized spacial score (nSPS) is 11.8. The summed E-state index contributed by atoms with van der Waals surface area (Å²) in [7, 11) is 0. The van der Waals surface area contributed by atoms with E-state index in [1.807, 2.05) is 32.0 Å². The molecule has 0 saturated carbocycles. The summed E-state index contributed by atoms with van der Waals surface area (Å²) in [6.45, 7) is 4.23. The number of hydrogen-bond acceptors (Lipinski definition) is 4. The molecule has 1 amide bonds. The number of para-hydroxylation sites is 2. The van der Waals surface area contributed by atoms with Crippen LogP contribution in [0, 0.1) is 5.82 Å². The summed E-state index contributed by atoms with van der Waals surface area (Å²) >= 11 is 1.32. The van der Waals surface area contributed by atoms with Gasteiger partial charge in [-0.15, -0.1) is 0 Å². The Morgan fingerprint density at radius 2 is 2.00 bits per heavy atom. The monoisotopic (exact) mass is 385 g/mol. The van der Waals surface area contributed by atoms with Gasteiger partial charge in [0.15, 0.2) is 5.16 Å². The molecule has 0 bridgehead atoms. The Kier molecular flexibility index (Phi) is 6.13. The molecule has 0 spiro atoms. The van der Waals surface area contributed by atoms with Crippen LogP contribution in [0.3, 0.4) is 0 Å². The van der Waals surface area contributed by atoms with Gasteiger partial charge in [0.1, 0.15) is 11.6 Å². The van der Waals surface area contributed by atoms with Crippen LogP contribution in [0.25, 0.3) is 11.3 Å². The lowest BCUT2D eigenvalue weighted by Crippen LogP contribution is -2.22. The van der Waals surface area contributed by atoms with E-state index in [1.54, 1.807) is 24.4 Å². The number of aromatic nitrogens is 2. The molecule has 0 saturated heterocycles. The van der Waals surface area contributed by atoms with Gasteiger partial charge in [-0.2, -0.15) is 0 Å². The number of rotatable bonds is 7. The van der Waals surface area contributed by atoms with E-state index in [2.05, 4.69) is 15.3 Å². The van der Waals surface area contributed by atoms with Crippen LogP contribution in [-0.2, 0) is 4.79 Å². The number of carbonyl (C=O) groups is 1. The maximum absolute atomic E-state index is 13.0. The molecule has 0 aliphatic heterocycles. The van der Waals surface area contributed by atoms with Crippen molar-refractivity contribution in [2.45, 2.75) is 24.3 Å². The zero-order valence-electron chi connectivity index (χ0n) is 15.0. The number of halogens is 1. The number of thioether (sulfide) groups is 1. The highest BCUT2D eigenvalue weighted by molar-refractivity contribution is 8.00. The number of hydrogen-bond donors (Lipinski definition) is 2. The number of nitrogens with one attached hydrogen (secondary N) is 2. The van der Waals surface area contributed by atoms with Crippen molar-refractivity contribution in [2.75, 3.05) is 11.9 Å². The Morgan fingerprint density at radius 1 is 1.26 bits per heavy atom. The molecule has 7 heteroatoms. The van der Waals surface area contributed by atoms with Gasteiger partial charge in [-0.25, -0.2) is 9.37 Å². The molecule has 3 rings (SSSR count). The van der Waals surface area contributed by atoms with E-state index in [0.29, 0.717) is 23.2 Å². The molecule has 5 nitrogen and oxygen atoms in total. The molecule has 0 aliphatic carbocycles. The van der Waals surface area contributed by atoms with E-state index in [1.165, 1.54) is 23.9 Å². The minimum atomic E-state index is -0.369. The van der Waals surface area contributed by atoms with Crippen LogP contribution in [0.1, 0.15) is 13.8 Å². The number of imidazole rings is 1. The number of anilines is 1. The molecule has 2 aromatic carbocycles. The first-order valence-electron chi connectivity index (χ1n) is 8.57. The first kappa shape index (κ1) is 19.0. The van der Waals surface area contributed by atoms with Gasteiger partial charge < -0.3 is 15.0 Å². The average Bonchev–Trinajstić information content (AvgIpc) is 3.12. The molecule has 0 radical (unpaired) electrons. The molecule has 2 N–H and O–H groups in total. The second kappa shape index (κ2) is 8.73. The third-order valence-corrected chi connectivity index (χ3v) is 4.81. The van der Waals surface area contributed by atoms with Gasteiger partial charge in [-0.3, -0.25) is 4.79 Å². The molecule has 140 valence electrons. The van der Waals surface area contributed by atoms with Crippen LogP contribution < -0.4 is 10.1 Å². The molecule has 27 heavy (non-hydrogen) atoms. The van der Waals surface area contributed by atoms with Crippen LogP contribution >= 0.6 is 11.8 Å². The van der Waals surface area contributed by atoms with Gasteiger partial charge >= 0.3 is 0 Å². The summed E-state index contributed by atoms with van der Waals surface area (Å²) in [6, 6.07) is 13.5. The number of carbonyl (C=O) groups excluding carboxylic acids is 1. The topological polar surface area (TPSA) is 67.0 Å². The first-order valence-corrected chi connectivity index (χ1v) is 9.45. The molecule has 1 aromatic heterocycles. The maximum Gasteiger partial charge on any atom is 0.237 e. The number of benzene rings is 2. The second-order valence-corrected chi connectivity index (χ2v) is 7.12. The van der Waals surface area contributed by atoms with E-state index in [9.17, 15) is 9.18 Å². The number of aromatic amines is 1. The lowest BCUT2D eigenvalue weighted by molar-refractivity contribution is -0.115. The van der Waals surface area contributed by atoms with Crippen LogP contribution in [0.15, 0.2) is 59.9 Å². The molecular weight excluding hydrogens is 365 g/mol. The quantitative estimate of drug-likeness (QED) is 0.577. The van der Waals surface area contributed by atoms with Crippen molar-refractivity contribution in [3.8, 4) is 17.0 Å². The van der Waals surface area contributed by atoms with Gasteiger partial charge in [0.25, 0.3) is 0 Å². The summed E-state index contributed by atoms with van der Waals surface area (Å²) in [5.41, 5.74) is 2.24. The molecule has 0 aliphatic rings. The predicted octanol–water partition coefficient (Wildman–Crippen LogP) is 4.73. The fourth-order valence-corrected chi connectivity index (χ4v) is 3.23. The lowest BCUT2D eigenvalue weighted by atomic mass is 10.2. The SMILES string of the molecule is CCOc1ccccc1NC(=O)C(C)Sc1ncc(-c2ccc(F)cc2)[nH]1. The summed E-state index contributed by atoms with van der Waals surface area (Å²) in [5, 5.41) is 3.14. The van der Waals surface area contributed by atoms with Crippen LogP contribution in [0.2, 0.25) is 0 Å². The van der Waals surface area contributed by atoms with Crippen molar-refractivity contribution in [3.63, 3.8) is 0 Å². The molecule has 1 unspecified atom stereocenters. The van der Waals surface area contributed by atoms with Gasteiger partial charge in [-0.05, 0) is 55.8 Å². The summed E-state index contributed by atoms with van der Waals surface area (Å²) in [6.07, 6.45) is 1.67. The fraction of sp³-hybridized carbons (Fsp3) is 0.200. The van der Waals surface area contributed by atoms with E-state index in [-0.39, 0.29) is 17.0 Å². The Bertz CT molecular complexity index is 912. The molecule has 1 heterocycles. The van der Waals surface area contributed by atoms with Crippen molar-refractivity contribution in [1.29, 1.82) is 0 Å². The van der Waals surface area contributed by atoms with Crippen LogP contribution in [-0.4, -0.2) is 27.7 Å². The minimum absolute atomic E-state index is 0.146. The lowest BCUT2D eigenvalue weighted by Gasteiger charge is -2.14. The maximum atomic E-state index is 13.0. The van der Waals surface area contributed by atoms with Gasteiger partial charge in [-0.1, -0.05) is 23.9 Å². The Balaban J connectivity index is 1.64. The van der Waals surface area contributed by atoms with Crippen molar-refractivity contribution >= 4 is 23.4 Å². The van der Waals surface area contributed by atoms with E-state index in [4.69, 9.17) is 4.74 Å². The zero-order chi connectivity index (χ0) is 19.2. The van der Waals surface area contributed by atoms with E-state index in [0.717, 1.165) is 11.3 Å². The largest absolute Gasteiger partial charge is 0.492 e. The Labute approximate surface area is 161 Å². The summed E-state index contributed by atoms with van der Waals surface area (Å²) in [4.78, 5) is 20.0. The third kappa shape index (κ3) is 4.89.